The van der Waals surface area contributed by atoms with Gasteiger partial charge in [-0.2, -0.15) is 0 Å². The van der Waals surface area contributed by atoms with Crippen molar-refractivity contribution in [2.45, 2.75) is 6.92 Å². The molecule has 5 heteroatoms. The normalized spacial score (nSPS) is 9.94. The molecule has 0 aliphatic carbocycles. The molecular weight excluding hydrogens is 276 g/mol. The van der Waals surface area contributed by atoms with E-state index in [-0.39, 0.29) is 13.2 Å². The molecule has 1 N–H and O–H groups in total. The van der Waals surface area contributed by atoms with Gasteiger partial charge in [0.25, 0.3) is 0 Å². The van der Waals surface area contributed by atoms with Crippen molar-refractivity contribution in [2.24, 2.45) is 0 Å². The fourth-order valence-corrected chi connectivity index (χ4v) is 1.61. The van der Waals surface area contributed by atoms with Crippen LogP contribution < -0.4 is 4.74 Å². The molecular formula is C11H13BrO4. The first-order chi connectivity index (χ1) is 7.67. The van der Waals surface area contributed by atoms with Crippen molar-refractivity contribution in [2.75, 3.05) is 19.8 Å². The summed E-state index contributed by atoms with van der Waals surface area (Å²) in [6, 6.07) is 4.96. The number of ether oxygens (including phenoxy) is 2. The average Bonchev–Trinajstić information content (AvgIpc) is 2.26. The maximum Gasteiger partial charge on any atom is 0.338 e. The number of aliphatic hydroxyl groups excluding tert-OH is 1. The van der Waals surface area contributed by atoms with Crippen LogP contribution in [0.4, 0.5) is 0 Å². The molecule has 1 aromatic rings. The molecule has 0 aromatic heterocycles. The van der Waals surface area contributed by atoms with Gasteiger partial charge in [-0.1, -0.05) is 15.9 Å². The highest BCUT2D eigenvalue weighted by atomic mass is 79.9. The summed E-state index contributed by atoms with van der Waals surface area (Å²) in [7, 11) is 0. The van der Waals surface area contributed by atoms with Crippen molar-refractivity contribution in [3.05, 3.63) is 28.2 Å². The largest absolute Gasteiger partial charge is 0.491 e. The molecule has 4 nitrogen and oxygen atoms in total. The Morgan fingerprint density at radius 3 is 2.81 bits per heavy atom. The quantitative estimate of drug-likeness (QED) is 0.842. The highest BCUT2D eigenvalue weighted by Crippen LogP contribution is 2.22. The Morgan fingerprint density at radius 2 is 2.19 bits per heavy atom. The zero-order valence-corrected chi connectivity index (χ0v) is 10.5. The summed E-state index contributed by atoms with van der Waals surface area (Å²) in [6.07, 6.45) is 0. The first-order valence-corrected chi connectivity index (χ1v) is 5.68. The fraction of sp³-hybridized carbons (Fsp3) is 0.364. The zero-order valence-electron chi connectivity index (χ0n) is 8.90. The Labute approximate surface area is 102 Å². The smallest absolute Gasteiger partial charge is 0.338 e. The van der Waals surface area contributed by atoms with Crippen molar-refractivity contribution in [3.8, 4) is 5.75 Å². The van der Waals surface area contributed by atoms with E-state index in [0.717, 1.165) is 4.47 Å². The molecule has 1 rings (SSSR count). The number of rotatable bonds is 5. The van der Waals surface area contributed by atoms with Gasteiger partial charge in [-0.15, -0.1) is 0 Å². The van der Waals surface area contributed by atoms with Crippen LogP contribution in [0, 0.1) is 0 Å². The van der Waals surface area contributed by atoms with Crippen LogP contribution in [-0.4, -0.2) is 30.9 Å². The lowest BCUT2D eigenvalue weighted by Crippen LogP contribution is -2.06. The van der Waals surface area contributed by atoms with Gasteiger partial charge in [-0.25, -0.2) is 4.79 Å². The van der Waals surface area contributed by atoms with E-state index >= 15 is 0 Å². The summed E-state index contributed by atoms with van der Waals surface area (Å²) >= 11 is 3.27. The Bertz CT molecular complexity index is 365. The third-order valence-corrected chi connectivity index (χ3v) is 2.20. The molecule has 0 saturated heterocycles. The summed E-state index contributed by atoms with van der Waals surface area (Å²) in [5, 5.41) is 8.63. The number of aliphatic hydroxyl groups is 1. The van der Waals surface area contributed by atoms with Crippen LogP contribution in [0.1, 0.15) is 17.3 Å². The van der Waals surface area contributed by atoms with Gasteiger partial charge < -0.3 is 14.6 Å². The van der Waals surface area contributed by atoms with Crippen molar-refractivity contribution in [3.63, 3.8) is 0 Å². The number of benzene rings is 1. The predicted octanol–water partition coefficient (Wildman–Crippen LogP) is 2.00. The third-order valence-electron chi connectivity index (χ3n) is 1.74. The Kier molecular flexibility index (Phi) is 5.28. The lowest BCUT2D eigenvalue weighted by Gasteiger charge is -2.07. The molecule has 0 bridgehead atoms. The number of hydrogen-bond donors (Lipinski definition) is 1. The van der Waals surface area contributed by atoms with Crippen molar-refractivity contribution >= 4 is 21.9 Å². The van der Waals surface area contributed by atoms with Crippen LogP contribution in [0.2, 0.25) is 0 Å². The van der Waals surface area contributed by atoms with Gasteiger partial charge in [0.2, 0.25) is 0 Å². The molecule has 0 heterocycles. The Morgan fingerprint density at radius 1 is 1.44 bits per heavy atom. The molecule has 0 aliphatic rings. The molecule has 0 unspecified atom stereocenters. The van der Waals surface area contributed by atoms with Crippen molar-refractivity contribution in [1.29, 1.82) is 0 Å². The molecule has 0 aliphatic heterocycles. The van der Waals surface area contributed by atoms with Gasteiger partial charge in [-0.3, -0.25) is 0 Å². The predicted molar refractivity (Wildman–Crippen MR) is 62.7 cm³/mol. The van der Waals surface area contributed by atoms with Gasteiger partial charge in [-0.05, 0) is 25.1 Å². The molecule has 88 valence electrons. The zero-order chi connectivity index (χ0) is 12.0. The van der Waals surface area contributed by atoms with Gasteiger partial charge >= 0.3 is 5.97 Å². The Hall–Kier alpha value is -1.07. The van der Waals surface area contributed by atoms with Crippen molar-refractivity contribution in [1.82, 2.24) is 0 Å². The van der Waals surface area contributed by atoms with Crippen LogP contribution in [0.3, 0.4) is 0 Å². The molecule has 0 radical (unpaired) electrons. The number of carbonyl (C=O) groups excluding carboxylic acids is 1. The summed E-state index contributed by atoms with van der Waals surface area (Å²) in [5.74, 6) is 0.129. The lowest BCUT2D eigenvalue weighted by molar-refractivity contribution is 0.0525. The van der Waals surface area contributed by atoms with Crippen LogP contribution >= 0.6 is 15.9 Å². The first kappa shape index (κ1) is 13.0. The van der Waals surface area contributed by atoms with E-state index < -0.39 is 5.97 Å². The number of hydrogen-bond acceptors (Lipinski definition) is 4. The van der Waals surface area contributed by atoms with Gasteiger partial charge in [0, 0.05) is 4.47 Å². The summed E-state index contributed by atoms with van der Waals surface area (Å²) in [4.78, 5) is 11.5. The maximum absolute atomic E-state index is 11.5. The van der Waals surface area contributed by atoms with E-state index in [1.54, 1.807) is 25.1 Å². The van der Waals surface area contributed by atoms with E-state index in [4.69, 9.17) is 14.6 Å². The minimum atomic E-state index is -0.391. The minimum absolute atomic E-state index is 0.0682. The fourth-order valence-electron chi connectivity index (χ4n) is 1.14. The second kappa shape index (κ2) is 6.50. The standard InChI is InChI=1S/C11H13BrO4/c1-2-15-11(14)8-5-9(12)7-10(6-8)16-4-3-13/h5-7,13H,2-4H2,1H3. The lowest BCUT2D eigenvalue weighted by atomic mass is 10.2. The van der Waals surface area contributed by atoms with E-state index in [2.05, 4.69) is 15.9 Å². The number of halogens is 1. The van der Waals surface area contributed by atoms with Crippen LogP contribution in [0.15, 0.2) is 22.7 Å². The number of esters is 1. The monoisotopic (exact) mass is 288 g/mol. The molecule has 0 amide bonds. The summed E-state index contributed by atoms with van der Waals surface area (Å²) in [6.45, 7) is 2.21. The SMILES string of the molecule is CCOC(=O)c1cc(Br)cc(OCCO)c1. The van der Waals surface area contributed by atoms with Crippen molar-refractivity contribution < 1.29 is 19.4 Å². The second-order valence-electron chi connectivity index (χ2n) is 2.97. The number of carbonyl (C=O) groups is 1. The minimum Gasteiger partial charge on any atom is -0.491 e. The Balaban J connectivity index is 2.84. The summed E-state index contributed by atoms with van der Waals surface area (Å²) < 4.78 is 10.8. The first-order valence-electron chi connectivity index (χ1n) is 4.88. The van der Waals surface area contributed by atoms with Gasteiger partial charge in [0.15, 0.2) is 0 Å². The van der Waals surface area contributed by atoms with Gasteiger partial charge in [0.1, 0.15) is 12.4 Å². The molecule has 0 atom stereocenters. The average molecular weight is 289 g/mol. The molecule has 0 saturated carbocycles. The molecule has 0 fully saturated rings. The molecule has 16 heavy (non-hydrogen) atoms. The van der Waals surface area contributed by atoms with E-state index in [0.29, 0.717) is 17.9 Å². The third kappa shape index (κ3) is 3.83. The highest BCUT2D eigenvalue weighted by molar-refractivity contribution is 9.10. The second-order valence-corrected chi connectivity index (χ2v) is 3.88. The van der Waals surface area contributed by atoms with E-state index in [9.17, 15) is 4.79 Å². The van der Waals surface area contributed by atoms with Crippen LogP contribution in [0.25, 0.3) is 0 Å². The van der Waals surface area contributed by atoms with E-state index in [1.807, 2.05) is 0 Å². The van der Waals surface area contributed by atoms with Crippen LogP contribution in [-0.2, 0) is 4.74 Å². The van der Waals surface area contributed by atoms with E-state index in [1.165, 1.54) is 0 Å². The molecule has 1 aromatic carbocycles. The molecule has 0 spiro atoms. The van der Waals surface area contributed by atoms with Crippen LogP contribution in [0.5, 0.6) is 5.75 Å². The highest BCUT2D eigenvalue weighted by Gasteiger charge is 2.09. The summed E-state index contributed by atoms with van der Waals surface area (Å²) in [5.41, 5.74) is 0.421. The van der Waals surface area contributed by atoms with Gasteiger partial charge in [0.05, 0.1) is 18.8 Å². The topological polar surface area (TPSA) is 55.8 Å². The maximum atomic E-state index is 11.5.